The van der Waals surface area contributed by atoms with Gasteiger partial charge in [-0.2, -0.15) is 0 Å². The number of methoxy groups -OCH3 is 1. The van der Waals surface area contributed by atoms with E-state index in [0.29, 0.717) is 18.0 Å². The summed E-state index contributed by atoms with van der Waals surface area (Å²) in [5.74, 6) is 0.586. The van der Waals surface area contributed by atoms with Crippen molar-refractivity contribution in [1.29, 1.82) is 0 Å². The number of benzene rings is 1. The van der Waals surface area contributed by atoms with Crippen LogP contribution in [0.1, 0.15) is 6.92 Å². The normalized spacial score (nSPS) is 13.7. The average molecular weight is 281 g/mol. The second-order valence-electron chi connectivity index (χ2n) is 5.24. The van der Waals surface area contributed by atoms with Crippen molar-refractivity contribution in [2.24, 2.45) is 0 Å². The highest BCUT2D eigenvalue weighted by molar-refractivity contribution is 5.90. The molecule has 0 bridgehead atoms. The number of para-hydroxylation sites is 2. The van der Waals surface area contributed by atoms with Gasteiger partial charge in [0.15, 0.2) is 0 Å². The molecule has 1 aromatic rings. The zero-order valence-electron chi connectivity index (χ0n) is 12.4. The number of carbonyl (C=O) groups excluding carboxylic acids is 1. The number of rotatable bonds is 6. The van der Waals surface area contributed by atoms with Gasteiger partial charge in [-0.25, -0.2) is 4.79 Å². The molecule has 0 unspecified atom stereocenters. The highest BCUT2D eigenvalue weighted by Crippen LogP contribution is 2.22. The topological polar surface area (TPSA) is 73.8 Å². The van der Waals surface area contributed by atoms with Crippen molar-refractivity contribution < 1.29 is 14.6 Å². The Morgan fingerprint density at radius 2 is 2.05 bits per heavy atom. The number of carbonyl (C=O) groups is 1. The summed E-state index contributed by atoms with van der Waals surface area (Å²) in [5.41, 5.74) is -0.401. The Labute approximate surface area is 119 Å². The van der Waals surface area contributed by atoms with Gasteiger partial charge in [0.25, 0.3) is 0 Å². The second kappa shape index (κ2) is 7.12. The number of nitrogens with one attached hydrogen (secondary N) is 2. The van der Waals surface area contributed by atoms with Crippen molar-refractivity contribution in [2.45, 2.75) is 12.5 Å². The number of urea groups is 1. The quantitative estimate of drug-likeness (QED) is 0.731. The maximum atomic E-state index is 11.8. The minimum atomic E-state index is -0.985. The third-order valence-electron chi connectivity index (χ3n) is 2.64. The van der Waals surface area contributed by atoms with E-state index < -0.39 is 5.60 Å². The molecule has 0 heterocycles. The maximum Gasteiger partial charge on any atom is 0.319 e. The van der Waals surface area contributed by atoms with Crippen LogP contribution < -0.4 is 15.4 Å². The molecule has 0 spiro atoms. The Kier molecular flexibility index (Phi) is 5.79. The van der Waals surface area contributed by atoms with E-state index in [1.807, 2.05) is 25.1 Å². The average Bonchev–Trinajstić information content (AvgIpc) is 2.36. The number of ether oxygens (including phenoxy) is 1. The zero-order valence-corrected chi connectivity index (χ0v) is 12.4. The molecule has 0 aromatic heterocycles. The lowest BCUT2D eigenvalue weighted by molar-refractivity contribution is 0.0364. The minimum Gasteiger partial charge on any atom is -0.495 e. The molecule has 112 valence electrons. The van der Waals surface area contributed by atoms with E-state index in [9.17, 15) is 9.90 Å². The lowest BCUT2D eigenvalue weighted by Gasteiger charge is -2.27. The third-order valence-corrected chi connectivity index (χ3v) is 2.64. The van der Waals surface area contributed by atoms with Crippen molar-refractivity contribution in [3.63, 3.8) is 0 Å². The Balaban J connectivity index is 2.52. The standard InChI is InChI=1S/C14H23N3O3/c1-14(19,10-17(2)3)9-15-13(18)16-11-7-5-6-8-12(11)20-4/h5-8,19H,9-10H2,1-4H3,(H2,15,16,18)/t14-/m1/s1. The Morgan fingerprint density at radius 3 is 2.65 bits per heavy atom. The molecule has 20 heavy (non-hydrogen) atoms. The molecule has 0 aliphatic carbocycles. The third kappa shape index (κ3) is 5.46. The minimum absolute atomic E-state index is 0.159. The smallest absolute Gasteiger partial charge is 0.319 e. The fourth-order valence-corrected chi connectivity index (χ4v) is 1.92. The van der Waals surface area contributed by atoms with Crippen molar-refractivity contribution in [3.05, 3.63) is 24.3 Å². The van der Waals surface area contributed by atoms with Gasteiger partial charge in [-0.1, -0.05) is 12.1 Å². The molecule has 2 amide bonds. The van der Waals surface area contributed by atoms with E-state index in [1.54, 1.807) is 32.2 Å². The predicted molar refractivity (Wildman–Crippen MR) is 79.2 cm³/mol. The lowest BCUT2D eigenvalue weighted by atomic mass is 10.1. The molecular formula is C14H23N3O3. The van der Waals surface area contributed by atoms with Crippen molar-refractivity contribution in [3.8, 4) is 5.75 Å². The number of hydrogen-bond acceptors (Lipinski definition) is 4. The Morgan fingerprint density at radius 1 is 1.40 bits per heavy atom. The van der Waals surface area contributed by atoms with Gasteiger partial charge in [-0.05, 0) is 33.2 Å². The molecule has 0 fully saturated rings. The first-order valence-electron chi connectivity index (χ1n) is 6.39. The molecule has 0 saturated heterocycles. The van der Waals surface area contributed by atoms with Crippen LogP contribution in [-0.4, -0.2) is 55.9 Å². The first-order valence-corrected chi connectivity index (χ1v) is 6.39. The summed E-state index contributed by atoms with van der Waals surface area (Å²) < 4.78 is 5.15. The summed E-state index contributed by atoms with van der Waals surface area (Å²) in [4.78, 5) is 13.7. The summed E-state index contributed by atoms with van der Waals surface area (Å²) in [7, 11) is 5.27. The molecule has 6 heteroatoms. The first-order chi connectivity index (χ1) is 9.34. The SMILES string of the molecule is COc1ccccc1NC(=O)NC[C@@](C)(O)CN(C)C. The molecule has 1 atom stereocenters. The van der Waals surface area contributed by atoms with Gasteiger partial charge in [0.2, 0.25) is 0 Å². The molecule has 0 aliphatic heterocycles. The number of hydrogen-bond donors (Lipinski definition) is 3. The Bertz CT molecular complexity index is 447. The van der Waals surface area contributed by atoms with Gasteiger partial charge in [-0.3, -0.25) is 0 Å². The monoisotopic (exact) mass is 281 g/mol. The molecule has 6 nitrogen and oxygen atoms in total. The summed E-state index contributed by atoms with van der Waals surface area (Å²) in [5, 5.41) is 15.4. The van der Waals surface area contributed by atoms with Crippen LogP contribution in [0, 0.1) is 0 Å². The molecule has 1 aromatic carbocycles. The fraction of sp³-hybridized carbons (Fsp3) is 0.500. The van der Waals surface area contributed by atoms with E-state index in [4.69, 9.17) is 4.74 Å². The molecule has 0 saturated carbocycles. The number of aliphatic hydroxyl groups is 1. The van der Waals surface area contributed by atoms with Crippen LogP contribution in [0.25, 0.3) is 0 Å². The van der Waals surface area contributed by atoms with Crippen LogP contribution in [0.3, 0.4) is 0 Å². The van der Waals surface area contributed by atoms with Gasteiger partial charge < -0.3 is 25.4 Å². The highest BCUT2D eigenvalue weighted by atomic mass is 16.5. The maximum absolute atomic E-state index is 11.8. The molecule has 3 N–H and O–H groups in total. The summed E-state index contributed by atoms with van der Waals surface area (Å²) in [6.45, 7) is 2.30. The molecule has 0 aliphatic rings. The van der Waals surface area contributed by atoms with E-state index in [-0.39, 0.29) is 12.6 Å². The molecular weight excluding hydrogens is 258 g/mol. The number of nitrogens with zero attached hydrogens (tertiary/aromatic N) is 1. The van der Waals surface area contributed by atoms with Gasteiger partial charge in [0.1, 0.15) is 5.75 Å². The van der Waals surface area contributed by atoms with Gasteiger partial charge >= 0.3 is 6.03 Å². The largest absolute Gasteiger partial charge is 0.495 e. The summed E-state index contributed by atoms with van der Waals surface area (Å²) in [6.07, 6.45) is 0. The first kappa shape index (κ1) is 16.3. The number of likely N-dealkylation sites (N-methyl/N-ethyl adjacent to an activating group) is 1. The number of anilines is 1. The van der Waals surface area contributed by atoms with Crippen LogP contribution in [0.4, 0.5) is 10.5 Å². The van der Waals surface area contributed by atoms with Gasteiger partial charge in [0, 0.05) is 13.1 Å². The lowest BCUT2D eigenvalue weighted by Crippen LogP contribution is -2.48. The molecule has 0 radical (unpaired) electrons. The van der Waals surface area contributed by atoms with Crippen molar-refractivity contribution in [1.82, 2.24) is 10.2 Å². The van der Waals surface area contributed by atoms with E-state index >= 15 is 0 Å². The Hall–Kier alpha value is -1.79. The highest BCUT2D eigenvalue weighted by Gasteiger charge is 2.22. The van der Waals surface area contributed by atoms with Crippen molar-refractivity contribution >= 4 is 11.7 Å². The van der Waals surface area contributed by atoms with Crippen LogP contribution in [0.15, 0.2) is 24.3 Å². The van der Waals surface area contributed by atoms with E-state index in [0.717, 1.165) is 0 Å². The zero-order chi connectivity index (χ0) is 15.2. The number of amides is 2. The summed E-state index contributed by atoms with van der Waals surface area (Å²) >= 11 is 0. The summed E-state index contributed by atoms with van der Waals surface area (Å²) in [6, 6.07) is 6.76. The van der Waals surface area contributed by atoms with Crippen LogP contribution in [0.5, 0.6) is 5.75 Å². The molecule has 1 rings (SSSR count). The van der Waals surface area contributed by atoms with Crippen molar-refractivity contribution in [2.75, 3.05) is 39.6 Å². The predicted octanol–water partition coefficient (Wildman–Crippen LogP) is 1.13. The van der Waals surface area contributed by atoms with E-state index in [2.05, 4.69) is 10.6 Å². The van der Waals surface area contributed by atoms with Crippen LogP contribution >= 0.6 is 0 Å². The van der Waals surface area contributed by atoms with Crippen LogP contribution in [-0.2, 0) is 0 Å². The van der Waals surface area contributed by atoms with Gasteiger partial charge in [-0.15, -0.1) is 0 Å². The van der Waals surface area contributed by atoms with Gasteiger partial charge in [0.05, 0.1) is 18.4 Å². The fourth-order valence-electron chi connectivity index (χ4n) is 1.92. The van der Waals surface area contributed by atoms with E-state index in [1.165, 1.54) is 0 Å². The van der Waals surface area contributed by atoms with Crippen LogP contribution in [0.2, 0.25) is 0 Å². The second-order valence-corrected chi connectivity index (χ2v) is 5.24.